The molecule has 2 aromatic heterocycles. The molecule has 0 aliphatic carbocycles. The zero-order valence-electron chi connectivity index (χ0n) is 35.3. The van der Waals surface area contributed by atoms with Crippen LogP contribution in [0.25, 0.3) is 44.6 Å². The van der Waals surface area contributed by atoms with Gasteiger partial charge in [-0.25, -0.2) is 0 Å². The maximum atomic E-state index is 7.88. The molecule has 0 spiro atoms. The van der Waals surface area contributed by atoms with E-state index in [2.05, 4.69) is 192 Å². The van der Waals surface area contributed by atoms with Crippen molar-refractivity contribution >= 4 is 67.7 Å². The Labute approximate surface area is 358 Å². The summed E-state index contributed by atoms with van der Waals surface area (Å²) < 4.78 is 12.8. The van der Waals surface area contributed by atoms with E-state index in [-0.39, 0.29) is 10.8 Å². The molecule has 60 heavy (non-hydrogen) atoms. The van der Waals surface area contributed by atoms with Gasteiger partial charge in [-0.15, -0.1) is 0 Å². The lowest BCUT2D eigenvalue weighted by Crippen LogP contribution is -2.16. The Kier molecular flexibility index (Phi) is 9.93. The molecule has 0 aliphatic rings. The first kappa shape index (κ1) is 39.0. The van der Waals surface area contributed by atoms with Crippen LogP contribution in [0.1, 0.15) is 58.2 Å². The summed E-state index contributed by atoms with van der Waals surface area (Å²) in [6.45, 7) is 15.6. The van der Waals surface area contributed by atoms with Crippen molar-refractivity contribution in [2.75, 3.05) is 9.80 Å². The standard InChI is InChI=1S/C55H49ClN2O2/c1-36-30-47(57(43-26-22-41(23-27-43)54(2,3)4)44-28-24-42(25-29-44)55(5,6)7)53(56)48(31-36)58(45-18-12-16-37(32-45)51-34-39-14-8-10-20-49(39)59-51)46-19-13-17-38(33-46)52-35-40-15-9-11-21-50(40)60-52/h8-35H,1-7H3. The number of aryl methyl sites for hydroxylation is 1. The quantitative estimate of drug-likeness (QED) is 0.153. The Morgan fingerprint density at radius 3 is 1.22 bits per heavy atom. The number of halogens is 1. The van der Waals surface area contributed by atoms with Crippen LogP contribution in [-0.4, -0.2) is 0 Å². The minimum Gasteiger partial charge on any atom is -0.456 e. The Balaban J connectivity index is 1.24. The third-order valence-electron chi connectivity index (χ3n) is 11.3. The number of furan rings is 2. The Bertz CT molecular complexity index is 2740. The van der Waals surface area contributed by atoms with E-state index >= 15 is 0 Å². The van der Waals surface area contributed by atoms with Crippen molar-refractivity contribution < 1.29 is 8.83 Å². The number of hydrogen-bond acceptors (Lipinski definition) is 4. The van der Waals surface area contributed by atoms with Crippen molar-refractivity contribution in [3.8, 4) is 22.6 Å². The number of benzene rings is 7. The summed E-state index contributed by atoms with van der Waals surface area (Å²) in [7, 11) is 0. The second kappa shape index (κ2) is 15.3. The lowest BCUT2D eigenvalue weighted by molar-refractivity contribution is 0.590. The molecule has 298 valence electrons. The van der Waals surface area contributed by atoms with Gasteiger partial charge in [0.05, 0.1) is 16.4 Å². The topological polar surface area (TPSA) is 32.8 Å². The number of fused-ring (bicyclic) bond motifs is 2. The molecule has 0 atom stereocenters. The smallest absolute Gasteiger partial charge is 0.135 e. The number of para-hydroxylation sites is 2. The van der Waals surface area contributed by atoms with Crippen molar-refractivity contribution in [2.24, 2.45) is 0 Å². The monoisotopic (exact) mass is 804 g/mol. The molecule has 0 bridgehead atoms. The number of anilines is 6. The van der Waals surface area contributed by atoms with Gasteiger partial charge in [0.1, 0.15) is 22.7 Å². The summed E-state index contributed by atoms with van der Waals surface area (Å²) >= 11 is 7.88. The van der Waals surface area contributed by atoms with Gasteiger partial charge < -0.3 is 18.6 Å². The van der Waals surface area contributed by atoms with Crippen molar-refractivity contribution in [1.82, 2.24) is 0 Å². The molecule has 9 aromatic rings. The zero-order chi connectivity index (χ0) is 41.8. The molecule has 0 fully saturated rings. The van der Waals surface area contributed by atoms with Gasteiger partial charge in [0, 0.05) is 44.6 Å². The molecule has 5 heteroatoms. The van der Waals surface area contributed by atoms with Gasteiger partial charge in [0.15, 0.2) is 0 Å². The first-order valence-corrected chi connectivity index (χ1v) is 21.0. The molecule has 0 radical (unpaired) electrons. The highest BCUT2D eigenvalue weighted by Gasteiger charge is 2.25. The van der Waals surface area contributed by atoms with Crippen molar-refractivity contribution in [2.45, 2.75) is 59.3 Å². The van der Waals surface area contributed by atoms with E-state index in [1.54, 1.807) is 0 Å². The van der Waals surface area contributed by atoms with Crippen molar-refractivity contribution in [3.05, 3.63) is 192 Å². The van der Waals surface area contributed by atoms with E-state index in [4.69, 9.17) is 20.4 Å². The Morgan fingerprint density at radius 2 is 0.817 bits per heavy atom. The second-order valence-corrected chi connectivity index (χ2v) is 18.2. The lowest BCUT2D eigenvalue weighted by Gasteiger charge is -2.32. The number of nitrogens with zero attached hydrogens (tertiary/aromatic N) is 2. The van der Waals surface area contributed by atoms with Crippen molar-refractivity contribution in [3.63, 3.8) is 0 Å². The number of rotatable bonds is 8. The van der Waals surface area contributed by atoms with Gasteiger partial charge in [0.25, 0.3) is 0 Å². The highest BCUT2D eigenvalue weighted by molar-refractivity contribution is 6.36. The first-order valence-electron chi connectivity index (χ1n) is 20.6. The highest BCUT2D eigenvalue weighted by atomic mass is 35.5. The Morgan fingerprint density at radius 1 is 0.417 bits per heavy atom. The average molecular weight is 805 g/mol. The van der Waals surface area contributed by atoms with Gasteiger partial charge in [-0.2, -0.15) is 0 Å². The van der Waals surface area contributed by atoms with Crippen LogP contribution in [0.2, 0.25) is 5.02 Å². The second-order valence-electron chi connectivity index (χ2n) is 17.8. The van der Waals surface area contributed by atoms with Crippen LogP contribution in [0.5, 0.6) is 0 Å². The van der Waals surface area contributed by atoms with E-state index in [1.165, 1.54) is 11.1 Å². The molecule has 0 saturated heterocycles. The molecule has 0 aliphatic heterocycles. The summed E-state index contributed by atoms with van der Waals surface area (Å²) in [5.74, 6) is 1.60. The van der Waals surface area contributed by atoms with E-state index in [9.17, 15) is 0 Å². The SMILES string of the molecule is Cc1cc(N(c2ccc(C(C)(C)C)cc2)c2ccc(C(C)(C)C)cc2)c(Cl)c(N(c2cccc(-c3cc4ccccc4o3)c2)c2cccc(-c3cc4ccccc4o3)c2)c1. The lowest BCUT2D eigenvalue weighted by atomic mass is 9.86. The molecule has 0 saturated carbocycles. The van der Waals surface area contributed by atoms with Crippen molar-refractivity contribution in [1.29, 1.82) is 0 Å². The Hall–Kier alpha value is -6.49. The fourth-order valence-electron chi connectivity index (χ4n) is 7.98. The predicted octanol–water partition coefficient (Wildman–Crippen LogP) is 17.0. The summed E-state index contributed by atoms with van der Waals surface area (Å²) in [5, 5.41) is 2.74. The maximum Gasteiger partial charge on any atom is 0.135 e. The molecular weight excluding hydrogens is 756 g/mol. The van der Waals surface area contributed by atoms with Gasteiger partial charge in [-0.05, 0) is 119 Å². The molecule has 0 amide bonds. The van der Waals surface area contributed by atoms with Gasteiger partial charge in [-0.3, -0.25) is 0 Å². The molecule has 0 unspecified atom stereocenters. The van der Waals surface area contributed by atoms with Crippen LogP contribution >= 0.6 is 11.6 Å². The normalized spacial score (nSPS) is 12.0. The van der Waals surface area contributed by atoms with E-state index in [1.807, 2.05) is 36.4 Å². The van der Waals surface area contributed by atoms with E-state index in [0.717, 1.165) is 84.3 Å². The summed E-state index contributed by atoms with van der Waals surface area (Å²) in [4.78, 5) is 4.53. The number of hydrogen-bond donors (Lipinski definition) is 0. The van der Waals surface area contributed by atoms with Crippen LogP contribution in [0.3, 0.4) is 0 Å². The van der Waals surface area contributed by atoms with E-state index < -0.39 is 0 Å². The molecular formula is C55H49ClN2O2. The largest absolute Gasteiger partial charge is 0.456 e. The average Bonchev–Trinajstić information content (AvgIpc) is 3.88. The molecule has 9 rings (SSSR count). The van der Waals surface area contributed by atoms with Crippen LogP contribution in [0.4, 0.5) is 34.1 Å². The van der Waals surface area contributed by atoms with Crippen LogP contribution in [-0.2, 0) is 10.8 Å². The van der Waals surface area contributed by atoms with Crippen LogP contribution in [0.15, 0.2) is 179 Å². The van der Waals surface area contributed by atoms with Gasteiger partial charge >= 0.3 is 0 Å². The fraction of sp³-hybridized carbons (Fsp3) is 0.164. The minimum atomic E-state index is 0.0141. The third kappa shape index (κ3) is 7.60. The van der Waals surface area contributed by atoms with Crippen LogP contribution < -0.4 is 9.80 Å². The fourth-order valence-corrected chi connectivity index (χ4v) is 8.25. The molecule has 0 N–H and O–H groups in total. The minimum absolute atomic E-state index is 0.0141. The predicted molar refractivity (Wildman–Crippen MR) is 253 cm³/mol. The third-order valence-corrected chi connectivity index (χ3v) is 11.7. The molecule has 7 aromatic carbocycles. The van der Waals surface area contributed by atoms with Gasteiger partial charge in [0.2, 0.25) is 0 Å². The molecule has 2 heterocycles. The van der Waals surface area contributed by atoms with Crippen LogP contribution in [0, 0.1) is 6.92 Å². The van der Waals surface area contributed by atoms with Gasteiger partial charge in [-0.1, -0.05) is 138 Å². The highest BCUT2D eigenvalue weighted by Crippen LogP contribution is 2.49. The first-order chi connectivity index (χ1) is 28.8. The van der Waals surface area contributed by atoms with E-state index in [0.29, 0.717) is 5.02 Å². The maximum absolute atomic E-state index is 7.88. The summed E-state index contributed by atoms with van der Waals surface area (Å²) in [5.41, 5.74) is 12.9. The summed E-state index contributed by atoms with van der Waals surface area (Å²) in [6.07, 6.45) is 0. The summed E-state index contributed by atoms with van der Waals surface area (Å²) in [6, 6.07) is 59.6. The zero-order valence-corrected chi connectivity index (χ0v) is 36.0. The molecule has 4 nitrogen and oxygen atoms in total.